The number of tetrazole rings is 1. The van der Waals surface area contributed by atoms with Gasteiger partial charge in [-0.2, -0.15) is 4.68 Å². The van der Waals surface area contributed by atoms with Crippen molar-refractivity contribution < 1.29 is 22.7 Å². The Morgan fingerprint density at radius 2 is 1.78 bits per heavy atom. The van der Waals surface area contributed by atoms with E-state index in [2.05, 4.69) is 30.9 Å². The quantitative estimate of drug-likeness (QED) is 0.712. The number of aromatic nitrogens is 4. The van der Waals surface area contributed by atoms with Crippen LogP contribution in [0.3, 0.4) is 0 Å². The monoisotopic (exact) mass is 378 g/mol. The van der Waals surface area contributed by atoms with Crippen molar-refractivity contribution >= 4 is 11.7 Å². The van der Waals surface area contributed by atoms with Crippen LogP contribution in [0.1, 0.15) is 5.82 Å². The molecule has 0 aliphatic carbocycles. The molecule has 0 atom stereocenters. The zero-order valence-electron chi connectivity index (χ0n) is 13.6. The van der Waals surface area contributed by atoms with E-state index in [0.29, 0.717) is 11.5 Å². The molecule has 3 rings (SSSR count). The number of nitrogens with zero attached hydrogens (tertiary/aromatic N) is 4. The average molecular weight is 378 g/mol. The van der Waals surface area contributed by atoms with Gasteiger partial charge in [-0.1, -0.05) is 18.2 Å². The fourth-order valence-electron chi connectivity index (χ4n) is 2.16. The third-order valence-electron chi connectivity index (χ3n) is 3.29. The standard InChI is InChI=1S/C16H13F3N6O2/c17-16(18,19)27-13-8-6-11(7-9-13)21-15(26)20-10-14-22-23-24-25(14)12-4-2-1-3-5-12/h1-9H,10H2,(H2,20,21,26). The minimum Gasteiger partial charge on any atom is -0.406 e. The lowest BCUT2D eigenvalue weighted by molar-refractivity contribution is -0.274. The number of alkyl halides is 3. The van der Waals surface area contributed by atoms with Crippen LogP contribution in [0.5, 0.6) is 5.75 Å². The molecule has 0 bridgehead atoms. The molecule has 2 N–H and O–H groups in total. The Morgan fingerprint density at radius 3 is 2.44 bits per heavy atom. The number of carbonyl (C=O) groups is 1. The Hall–Kier alpha value is -3.63. The predicted molar refractivity (Wildman–Crippen MR) is 88.1 cm³/mol. The summed E-state index contributed by atoms with van der Waals surface area (Å²) in [5.74, 6) is 0.0285. The van der Waals surface area contributed by atoms with Crippen LogP contribution in [0.15, 0.2) is 54.6 Å². The molecule has 0 radical (unpaired) electrons. The third kappa shape index (κ3) is 5.17. The first-order valence-electron chi connectivity index (χ1n) is 7.64. The maximum Gasteiger partial charge on any atom is 0.573 e. The van der Waals surface area contributed by atoms with Crippen LogP contribution in [0.2, 0.25) is 0 Å². The molecule has 0 spiro atoms. The summed E-state index contributed by atoms with van der Waals surface area (Å²) in [6.07, 6.45) is -4.77. The number of rotatable bonds is 5. The van der Waals surface area contributed by atoms with Crippen LogP contribution >= 0.6 is 0 Å². The number of halogens is 3. The van der Waals surface area contributed by atoms with E-state index >= 15 is 0 Å². The molecule has 1 heterocycles. The zero-order chi connectivity index (χ0) is 19.3. The first-order valence-corrected chi connectivity index (χ1v) is 7.64. The molecule has 8 nitrogen and oxygen atoms in total. The summed E-state index contributed by atoms with van der Waals surface area (Å²) in [7, 11) is 0. The SMILES string of the molecule is O=C(NCc1nnnn1-c1ccccc1)Nc1ccc(OC(F)(F)F)cc1. The highest BCUT2D eigenvalue weighted by Crippen LogP contribution is 2.23. The van der Waals surface area contributed by atoms with Crippen molar-refractivity contribution in [3.63, 3.8) is 0 Å². The van der Waals surface area contributed by atoms with E-state index in [1.54, 1.807) is 0 Å². The number of para-hydroxylation sites is 1. The van der Waals surface area contributed by atoms with Gasteiger partial charge in [-0.3, -0.25) is 0 Å². The van der Waals surface area contributed by atoms with Gasteiger partial charge in [-0.05, 0) is 46.8 Å². The van der Waals surface area contributed by atoms with Gasteiger partial charge >= 0.3 is 12.4 Å². The van der Waals surface area contributed by atoms with Gasteiger partial charge in [0.2, 0.25) is 0 Å². The fourth-order valence-corrected chi connectivity index (χ4v) is 2.16. The molecular weight excluding hydrogens is 365 g/mol. The Bertz CT molecular complexity index is 897. The van der Waals surface area contributed by atoms with Crippen molar-refractivity contribution in [2.24, 2.45) is 0 Å². The topological polar surface area (TPSA) is 94.0 Å². The van der Waals surface area contributed by atoms with E-state index in [1.165, 1.54) is 16.8 Å². The summed E-state index contributed by atoms with van der Waals surface area (Å²) in [5.41, 5.74) is 1.03. The van der Waals surface area contributed by atoms with Gasteiger partial charge in [0, 0.05) is 5.69 Å². The van der Waals surface area contributed by atoms with Crippen molar-refractivity contribution in [1.82, 2.24) is 25.5 Å². The highest BCUT2D eigenvalue weighted by atomic mass is 19.4. The van der Waals surface area contributed by atoms with Crippen molar-refractivity contribution in [3.05, 3.63) is 60.4 Å². The van der Waals surface area contributed by atoms with Gasteiger partial charge in [0.25, 0.3) is 0 Å². The number of nitrogens with one attached hydrogen (secondary N) is 2. The summed E-state index contributed by atoms with van der Waals surface area (Å²) < 4.78 is 41.6. The van der Waals surface area contributed by atoms with Crippen molar-refractivity contribution in [3.8, 4) is 11.4 Å². The van der Waals surface area contributed by atoms with Crippen molar-refractivity contribution in [2.45, 2.75) is 12.9 Å². The Labute approximate surface area is 150 Å². The smallest absolute Gasteiger partial charge is 0.406 e. The number of ether oxygens (including phenoxy) is 1. The van der Waals surface area contributed by atoms with E-state index in [0.717, 1.165) is 17.8 Å². The summed E-state index contributed by atoms with van der Waals surface area (Å²) in [6, 6.07) is 13.3. The van der Waals surface area contributed by atoms with Crippen LogP contribution in [0.25, 0.3) is 5.69 Å². The molecule has 27 heavy (non-hydrogen) atoms. The van der Waals surface area contributed by atoms with Crippen LogP contribution in [-0.4, -0.2) is 32.6 Å². The maximum absolute atomic E-state index is 12.1. The molecule has 11 heteroatoms. The van der Waals surface area contributed by atoms with E-state index in [9.17, 15) is 18.0 Å². The van der Waals surface area contributed by atoms with Gasteiger partial charge in [-0.25, -0.2) is 4.79 Å². The van der Waals surface area contributed by atoms with E-state index in [1.807, 2.05) is 30.3 Å². The van der Waals surface area contributed by atoms with Crippen LogP contribution in [-0.2, 0) is 6.54 Å². The highest BCUT2D eigenvalue weighted by molar-refractivity contribution is 5.89. The maximum atomic E-state index is 12.1. The Balaban J connectivity index is 1.56. The van der Waals surface area contributed by atoms with Crippen molar-refractivity contribution in [2.75, 3.05) is 5.32 Å². The summed E-state index contributed by atoms with van der Waals surface area (Å²) in [5, 5.41) is 16.4. The van der Waals surface area contributed by atoms with E-state index < -0.39 is 12.4 Å². The predicted octanol–water partition coefficient (Wildman–Crippen LogP) is 2.88. The number of urea groups is 1. The van der Waals surface area contributed by atoms with Crippen molar-refractivity contribution in [1.29, 1.82) is 0 Å². The minimum absolute atomic E-state index is 0.0446. The first-order chi connectivity index (χ1) is 12.9. The molecule has 0 aliphatic heterocycles. The summed E-state index contributed by atoms with van der Waals surface area (Å²) in [4.78, 5) is 12.0. The largest absolute Gasteiger partial charge is 0.573 e. The van der Waals surface area contributed by atoms with Gasteiger partial charge < -0.3 is 15.4 Å². The molecule has 3 aromatic rings. The van der Waals surface area contributed by atoms with Gasteiger partial charge in [0.05, 0.1) is 12.2 Å². The van der Waals surface area contributed by atoms with Gasteiger partial charge in [0.15, 0.2) is 5.82 Å². The number of hydrogen-bond acceptors (Lipinski definition) is 5. The number of hydrogen-bond donors (Lipinski definition) is 2. The van der Waals surface area contributed by atoms with Crippen LogP contribution in [0.4, 0.5) is 23.7 Å². The lowest BCUT2D eigenvalue weighted by Crippen LogP contribution is -2.29. The zero-order valence-corrected chi connectivity index (χ0v) is 13.6. The lowest BCUT2D eigenvalue weighted by Gasteiger charge is -2.10. The summed E-state index contributed by atoms with van der Waals surface area (Å²) >= 11 is 0. The van der Waals surface area contributed by atoms with Crippen LogP contribution < -0.4 is 15.4 Å². The molecule has 2 aromatic carbocycles. The molecule has 0 saturated heterocycles. The van der Waals surface area contributed by atoms with E-state index in [-0.39, 0.29) is 12.3 Å². The number of anilines is 1. The highest BCUT2D eigenvalue weighted by Gasteiger charge is 2.30. The van der Waals surface area contributed by atoms with Gasteiger partial charge in [-0.15, -0.1) is 18.3 Å². The minimum atomic E-state index is -4.77. The number of carbonyl (C=O) groups excluding carboxylic acids is 1. The van der Waals surface area contributed by atoms with Crippen LogP contribution in [0, 0.1) is 0 Å². The molecule has 2 amide bonds. The molecule has 140 valence electrons. The molecule has 0 aliphatic rings. The second-order valence-electron chi connectivity index (χ2n) is 5.22. The van der Waals surface area contributed by atoms with Gasteiger partial charge in [0.1, 0.15) is 5.75 Å². The second kappa shape index (κ2) is 7.72. The Kier molecular flexibility index (Phi) is 5.20. The average Bonchev–Trinajstić information content (AvgIpc) is 3.10. The molecule has 0 saturated carbocycles. The Morgan fingerprint density at radius 1 is 1.07 bits per heavy atom. The third-order valence-corrected chi connectivity index (χ3v) is 3.29. The fraction of sp³-hybridized carbons (Fsp3) is 0.125. The first kappa shape index (κ1) is 18.2. The molecular formula is C16H13F3N6O2. The molecule has 0 fully saturated rings. The molecule has 1 aromatic heterocycles. The molecule has 0 unspecified atom stereocenters. The number of amides is 2. The second-order valence-corrected chi connectivity index (χ2v) is 5.22. The normalized spacial score (nSPS) is 11.1. The number of benzene rings is 2. The van der Waals surface area contributed by atoms with E-state index in [4.69, 9.17) is 0 Å². The lowest BCUT2D eigenvalue weighted by atomic mass is 10.3. The summed E-state index contributed by atoms with van der Waals surface area (Å²) in [6.45, 7) is 0.0446.